The highest BCUT2D eigenvalue weighted by atomic mass is 32.2. The Bertz CT molecular complexity index is 592. The Morgan fingerprint density at radius 3 is 2.33 bits per heavy atom. The summed E-state index contributed by atoms with van der Waals surface area (Å²) in [4.78, 5) is 10.8. The van der Waals surface area contributed by atoms with Gasteiger partial charge in [0.1, 0.15) is 0 Å². The number of nitrogens with zero attached hydrogens (tertiary/aromatic N) is 1. The number of carboxylic acid groups (broad SMARTS) is 1. The summed E-state index contributed by atoms with van der Waals surface area (Å²) in [6.45, 7) is 0.289. The highest BCUT2D eigenvalue weighted by molar-refractivity contribution is 7.91. The molecule has 2 saturated heterocycles. The molecule has 0 radical (unpaired) electrons. The van der Waals surface area contributed by atoms with Crippen molar-refractivity contribution in [2.24, 2.45) is 5.92 Å². The topological polar surface area (TPSA) is 121 Å². The van der Waals surface area contributed by atoms with Gasteiger partial charge in [-0.05, 0) is 25.7 Å². The Balaban J connectivity index is 1.95. The van der Waals surface area contributed by atoms with Crippen molar-refractivity contribution in [2.45, 2.75) is 31.7 Å². The molecule has 0 bridgehead atoms. The number of sulfone groups is 1. The molecule has 0 saturated carbocycles. The van der Waals surface area contributed by atoms with Gasteiger partial charge >= 0.3 is 5.97 Å². The minimum atomic E-state index is -3.76. The van der Waals surface area contributed by atoms with Crippen LogP contribution in [0.3, 0.4) is 0 Å². The summed E-state index contributed by atoms with van der Waals surface area (Å²) >= 11 is 0. The molecule has 2 fully saturated rings. The predicted octanol–water partition coefficient (Wildman–Crippen LogP) is -0.805. The molecule has 0 spiro atoms. The molecule has 2 aliphatic rings. The average molecular weight is 340 g/mol. The minimum Gasteiger partial charge on any atom is -0.481 e. The molecule has 1 unspecified atom stereocenters. The smallest absolute Gasteiger partial charge is 0.306 e. The van der Waals surface area contributed by atoms with Crippen LogP contribution in [-0.4, -0.2) is 62.9 Å². The quantitative estimate of drug-likeness (QED) is 0.691. The van der Waals surface area contributed by atoms with Crippen LogP contribution in [0.4, 0.5) is 0 Å². The maximum atomic E-state index is 12.2. The van der Waals surface area contributed by atoms with E-state index in [4.69, 9.17) is 5.11 Å². The van der Waals surface area contributed by atoms with E-state index in [0.717, 1.165) is 0 Å². The standard InChI is InChI=1S/C11H20N2O6S2/c14-11(15)9-3-5-13(6-4-9)21(18,19)12-10-2-1-7-20(16,17)8-10/h9-10,12H,1-8H2,(H,14,15). The van der Waals surface area contributed by atoms with Gasteiger partial charge in [-0.15, -0.1) is 0 Å². The van der Waals surface area contributed by atoms with Gasteiger partial charge in [0.25, 0.3) is 10.2 Å². The van der Waals surface area contributed by atoms with E-state index >= 15 is 0 Å². The number of nitrogens with one attached hydrogen (secondary N) is 1. The molecule has 2 heterocycles. The van der Waals surface area contributed by atoms with Crippen LogP contribution in [0.1, 0.15) is 25.7 Å². The lowest BCUT2D eigenvalue weighted by Crippen LogP contribution is -2.51. The fourth-order valence-electron chi connectivity index (χ4n) is 2.74. The molecule has 10 heteroatoms. The van der Waals surface area contributed by atoms with Gasteiger partial charge in [0.2, 0.25) is 0 Å². The number of carboxylic acids is 1. The van der Waals surface area contributed by atoms with Crippen LogP contribution in [0, 0.1) is 5.92 Å². The number of rotatable bonds is 4. The third-order valence-electron chi connectivity index (χ3n) is 3.92. The van der Waals surface area contributed by atoms with Crippen LogP contribution in [0.2, 0.25) is 0 Å². The first-order chi connectivity index (χ1) is 9.70. The van der Waals surface area contributed by atoms with E-state index in [1.165, 1.54) is 4.31 Å². The van der Waals surface area contributed by atoms with E-state index in [0.29, 0.717) is 12.8 Å². The first-order valence-electron chi connectivity index (χ1n) is 6.90. The van der Waals surface area contributed by atoms with E-state index in [1.54, 1.807) is 0 Å². The molecule has 122 valence electrons. The van der Waals surface area contributed by atoms with E-state index in [1.807, 2.05) is 0 Å². The molecule has 8 nitrogen and oxygen atoms in total. The first kappa shape index (κ1) is 16.7. The number of hydrogen-bond donors (Lipinski definition) is 2. The predicted molar refractivity (Wildman–Crippen MR) is 75.7 cm³/mol. The Labute approximate surface area is 124 Å². The van der Waals surface area contributed by atoms with Gasteiger partial charge in [-0.3, -0.25) is 4.79 Å². The van der Waals surface area contributed by atoms with Crippen molar-refractivity contribution in [3.8, 4) is 0 Å². The second kappa shape index (κ2) is 6.19. The van der Waals surface area contributed by atoms with Gasteiger partial charge in [-0.2, -0.15) is 17.4 Å². The lowest BCUT2D eigenvalue weighted by molar-refractivity contribution is -0.142. The Hall–Kier alpha value is -0.710. The monoisotopic (exact) mass is 340 g/mol. The molecule has 0 amide bonds. The summed E-state index contributed by atoms with van der Waals surface area (Å²) < 4.78 is 51.1. The molecular formula is C11H20N2O6S2. The van der Waals surface area contributed by atoms with Crippen molar-refractivity contribution >= 4 is 26.0 Å². The molecule has 0 aromatic rings. The average Bonchev–Trinajstić information content (AvgIpc) is 2.37. The van der Waals surface area contributed by atoms with Gasteiger partial charge in [0.05, 0.1) is 17.4 Å². The summed E-state index contributed by atoms with van der Waals surface area (Å²) in [5, 5.41) is 8.90. The fourth-order valence-corrected chi connectivity index (χ4v) is 5.95. The van der Waals surface area contributed by atoms with Gasteiger partial charge in [-0.25, -0.2) is 8.42 Å². The summed E-state index contributed by atoms with van der Waals surface area (Å²) in [5.41, 5.74) is 0. The van der Waals surface area contributed by atoms with Crippen LogP contribution in [0.25, 0.3) is 0 Å². The normalized spacial score (nSPS) is 28.3. The van der Waals surface area contributed by atoms with E-state index < -0.39 is 38.0 Å². The molecular weight excluding hydrogens is 320 g/mol. The maximum Gasteiger partial charge on any atom is 0.306 e. The molecule has 0 aromatic carbocycles. The van der Waals surface area contributed by atoms with E-state index in [-0.39, 0.29) is 37.4 Å². The second-order valence-electron chi connectivity index (χ2n) is 5.59. The Morgan fingerprint density at radius 2 is 1.81 bits per heavy atom. The SMILES string of the molecule is O=C(O)C1CCN(S(=O)(=O)NC2CCCS(=O)(=O)C2)CC1. The van der Waals surface area contributed by atoms with Crippen LogP contribution in [-0.2, 0) is 24.8 Å². The third kappa shape index (κ3) is 4.38. The highest BCUT2D eigenvalue weighted by Gasteiger charge is 2.34. The summed E-state index contributed by atoms with van der Waals surface area (Å²) in [6, 6.07) is -0.592. The van der Waals surface area contributed by atoms with Crippen LogP contribution < -0.4 is 4.72 Å². The van der Waals surface area contributed by atoms with Crippen molar-refractivity contribution < 1.29 is 26.7 Å². The van der Waals surface area contributed by atoms with Crippen molar-refractivity contribution in [1.29, 1.82) is 0 Å². The van der Waals surface area contributed by atoms with Crippen molar-refractivity contribution in [3.63, 3.8) is 0 Å². The van der Waals surface area contributed by atoms with Crippen LogP contribution >= 0.6 is 0 Å². The number of piperidine rings is 1. The first-order valence-corrected chi connectivity index (χ1v) is 10.2. The molecule has 2 rings (SSSR count). The summed E-state index contributed by atoms with van der Waals surface area (Å²) in [6.07, 6.45) is 1.51. The van der Waals surface area contributed by atoms with Crippen LogP contribution in [0.5, 0.6) is 0 Å². The number of aliphatic carboxylic acids is 1. The summed E-state index contributed by atoms with van der Waals surface area (Å²) in [7, 11) is -6.93. The number of hydrogen-bond acceptors (Lipinski definition) is 5. The van der Waals surface area contributed by atoms with Crippen molar-refractivity contribution in [3.05, 3.63) is 0 Å². The van der Waals surface area contributed by atoms with Crippen LogP contribution in [0.15, 0.2) is 0 Å². The minimum absolute atomic E-state index is 0.106. The lowest BCUT2D eigenvalue weighted by atomic mass is 9.99. The number of carbonyl (C=O) groups is 1. The Kier molecular flexibility index (Phi) is 4.91. The third-order valence-corrected chi connectivity index (χ3v) is 7.42. The van der Waals surface area contributed by atoms with Crippen molar-refractivity contribution in [1.82, 2.24) is 9.03 Å². The highest BCUT2D eigenvalue weighted by Crippen LogP contribution is 2.20. The van der Waals surface area contributed by atoms with Gasteiger partial charge in [0, 0.05) is 19.1 Å². The van der Waals surface area contributed by atoms with E-state index in [9.17, 15) is 21.6 Å². The van der Waals surface area contributed by atoms with Gasteiger partial charge in [0.15, 0.2) is 9.84 Å². The fraction of sp³-hybridized carbons (Fsp3) is 0.909. The molecule has 2 N–H and O–H groups in total. The molecule has 1 atom stereocenters. The van der Waals surface area contributed by atoms with Crippen molar-refractivity contribution in [2.75, 3.05) is 24.6 Å². The molecule has 21 heavy (non-hydrogen) atoms. The largest absolute Gasteiger partial charge is 0.481 e. The zero-order valence-corrected chi connectivity index (χ0v) is 13.2. The Morgan fingerprint density at radius 1 is 1.19 bits per heavy atom. The molecule has 0 aliphatic carbocycles. The molecule has 0 aromatic heterocycles. The molecule has 2 aliphatic heterocycles. The van der Waals surface area contributed by atoms with E-state index in [2.05, 4.69) is 4.72 Å². The van der Waals surface area contributed by atoms with Gasteiger partial charge in [-0.1, -0.05) is 0 Å². The zero-order chi connectivity index (χ0) is 15.7. The maximum absolute atomic E-state index is 12.2. The van der Waals surface area contributed by atoms with Gasteiger partial charge < -0.3 is 5.11 Å². The second-order valence-corrected chi connectivity index (χ2v) is 9.52. The summed E-state index contributed by atoms with van der Waals surface area (Å²) in [5.74, 6) is -1.47. The lowest BCUT2D eigenvalue weighted by Gasteiger charge is -2.31. The zero-order valence-electron chi connectivity index (χ0n) is 11.6.